The molecule has 2 saturated heterocycles. The molecule has 38 heavy (non-hydrogen) atoms. The number of nitrogens with one attached hydrogen (secondary N) is 2. The van der Waals surface area contributed by atoms with E-state index in [2.05, 4.69) is 10.6 Å². The van der Waals surface area contributed by atoms with Gasteiger partial charge in [-0.3, -0.25) is 29.8 Å². The monoisotopic (exact) mass is 520 g/mol. The third-order valence-electron chi connectivity index (χ3n) is 6.86. The second-order valence-electron chi connectivity index (χ2n) is 9.17. The van der Waals surface area contributed by atoms with Gasteiger partial charge in [-0.05, 0) is 11.1 Å². The number of carbonyl (C=O) groups is 6. The smallest absolute Gasteiger partial charge is 0.326 e. The average Bonchev–Trinajstić information content (AvgIpc) is 2.89. The number of hydrogen-bond acceptors (Lipinski definition) is 8. The van der Waals surface area contributed by atoms with Crippen molar-refractivity contribution in [2.75, 3.05) is 13.1 Å². The number of benzene rings is 2. The molecular formula is C26H24N4O8. The van der Waals surface area contributed by atoms with Gasteiger partial charge in [-0.2, -0.15) is 0 Å². The average molecular weight is 520 g/mol. The van der Waals surface area contributed by atoms with Crippen LogP contribution in [0.2, 0.25) is 0 Å². The molecule has 0 aromatic heterocycles. The molecule has 1 aliphatic carbocycles. The van der Waals surface area contributed by atoms with Gasteiger partial charge in [-0.1, -0.05) is 60.7 Å². The highest BCUT2D eigenvalue weighted by Crippen LogP contribution is 2.45. The van der Waals surface area contributed by atoms with Crippen molar-refractivity contribution in [2.45, 2.75) is 25.3 Å². The number of urea groups is 2. The van der Waals surface area contributed by atoms with Crippen molar-refractivity contribution in [2.24, 2.45) is 11.8 Å². The molecule has 2 N–H and O–H groups in total. The fourth-order valence-electron chi connectivity index (χ4n) is 5.09. The van der Waals surface area contributed by atoms with Gasteiger partial charge < -0.3 is 19.3 Å². The number of rotatable bonds is 8. The molecule has 6 amide bonds. The quantitative estimate of drug-likeness (QED) is 0.479. The van der Waals surface area contributed by atoms with Gasteiger partial charge in [0.1, 0.15) is 26.3 Å². The van der Waals surface area contributed by atoms with Crippen LogP contribution in [0.1, 0.15) is 11.1 Å². The number of esters is 2. The van der Waals surface area contributed by atoms with Gasteiger partial charge in [0.25, 0.3) is 0 Å². The Kier molecular flexibility index (Phi) is 6.77. The number of amides is 6. The first-order valence-electron chi connectivity index (χ1n) is 12.0. The first-order chi connectivity index (χ1) is 18.3. The van der Waals surface area contributed by atoms with Gasteiger partial charge in [0.2, 0.25) is 11.8 Å². The summed E-state index contributed by atoms with van der Waals surface area (Å²) >= 11 is 0. The minimum Gasteiger partial charge on any atom is -0.459 e. The van der Waals surface area contributed by atoms with Crippen LogP contribution in [0.5, 0.6) is 0 Å². The van der Waals surface area contributed by atoms with E-state index in [4.69, 9.17) is 9.47 Å². The van der Waals surface area contributed by atoms with E-state index in [-0.39, 0.29) is 13.2 Å². The Balaban J connectivity index is 1.30. The molecule has 0 bridgehead atoms. The largest absolute Gasteiger partial charge is 0.459 e. The fraction of sp³-hybridized carbons (Fsp3) is 0.308. The molecule has 2 aliphatic heterocycles. The van der Waals surface area contributed by atoms with Crippen molar-refractivity contribution in [3.8, 4) is 0 Å². The highest BCUT2D eigenvalue weighted by molar-refractivity contribution is 6.08. The van der Waals surface area contributed by atoms with E-state index in [9.17, 15) is 28.8 Å². The Morgan fingerprint density at radius 1 is 0.632 bits per heavy atom. The van der Waals surface area contributed by atoms with Crippen molar-refractivity contribution in [3.63, 3.8) is 0 Å². The lowest BCUT2D eigenvalue weighted by atomic mass is 9.61. The maximum absolute atomic E-state index is 12.7. The topological polar surface area (TPSA) is 151 Å². The summed E-state index contributed by atoms with van der Waals surface area (Å²) in [5.41, 5.74) is 1.49. The molecule has 2 heterocycles. The molecule has 0 unspecified atom stereocenters. The highest BCUT2D eigenvalue weighted by atomic mass is 16.5. The summed E-state index contributed by atoms with van der Waals surface area (Å²) in [5, 5.41) is 4.33. The summed E-state index contributed by atoms with van der Waals surface area (Å²) in [7, 11) is 0. The third kappa shape index (κ3) is 4.80. The van der Waals surface area contributed by atoms with Crippen molar-refractivity contribution in [1.29, 1.82) is 0 Å². The van der Waals surface area contributed by atoms with Crippen LogP contribution in [0.4, 0.5) is 9.59 Å². The summed E-state index contributed by atoms with van der Waals surface area (Å²) in [5.74, 6) is -4.86. The first-order valence-corrected chi connectivity index (χ1v) is 12.0. The Morgan fingerprint density at radius 3 is 1.37 bits per heavy atom. The molecule has 0 spiro atoms. The SMILES string of the molecule is O=C(CN1C(=O)NC(=O)[C@@H]2[C@@H]3C(=O)NC(=O)N(CC(=O)OCc4ccccc4)[C@@H]3[C@@H]21)OCc1ccccc1. The Labute approximate surface area is 216 Å². The zero-order valence-electron chi connectivity index (χ0n) is 20.1. The predicted molar refractivity (Wildman–Crippen MR) is 128 cm³/mol. The van der Waals surface area contributed by atoms with Crippen LogP contribution in [-0.4, -0.2) is 70.8 Å². The van der Waals surface area contributed by atoms with Gasteiger partial charge in [0, 0.05) is 0 Å². The third-order valence-corrected chi connectivity index (χ3v) is 6.86. The Hall–Kier alpha value is -4.74. The number of hydrogen-bond donors (Lipinski definition) is 2. The second kappa shape index (κ2) is 10.3. The van der Waals surface area contributed by atoms with Crippen LogP contribution < -0.4 is 10.6 Å². The first kappa shape index (κ1) is 24.9. The molecular weight excluding hydrogens is 496 g/mol. The van der Waals surface area contributed by atoms with Crippen molar-refractivity contribution < 1.29 is 38.2 Å². The number of nitrogens with zero attached hydrogens (tertiary/aromatic N) is 2. The van der Waals surface area contributed by atoms with Gasteiger partial charge in [0.05, 0.1) is 23.9 Å². The normalized spacial score (nSPS) is 23.9. The zero-order valence-corrected chi connectivity index (χ0v) is 20.1. The molecule has 4 atom stereocenters. The molecule has 12 heteroatoms. The van der Waals surface area contributed by atoms with E-state index < -0.39 is 72.8 Å². The Bertz CT molecular complexity index is 1190. The van der Waals surface area contributed by atoms with Crippen LogP contribution in [0.25, 0.3) is 0 Å². The summed E-state index contributed by atoms with van der Waals surface area (Å²) in [4.78, 5) is 78.0. The van der Waals surface area contributed by atoms with Gasteiger partial charge in [-0.15, -0.1) is 0 Å². The van der Waals surface area contributed by atoms with Crippen LogP contribution >= 0.6 is 0 Å². The molecule has 3 aliphatic rings. The molecule has 0 radical (unpaired) electrons. The maximum Gasteiger partial charge on any atom is 0.326 e. The number of imide groups is 2. The predicted octanol–water partition coefficient (Wildman–Crippen LogP) is 0.560. The van der Waals surface area contributed by atoms with E-state index in [1.807, 2.05) is 12.1 Å². The van der Waals surface area contributed by atoms with Crippen LogP contribution in [0.3, 0.4) is 0 Å². The van der Waals surface area contributed by atoms with Gasteiger partial charge in [-0.25, -0.2) is 9.59 Å². The summed E-state index contributed by atoms with van der Waals surface area (Å²) in [6.45, 7) is -1.07. The highest BCUT2D eigenvalue weighted by Gasteiger charge is 2.67. The molecule has 2 aromatic rings. The van der Waals surface area contributed by atoms with Crippen LogP contribution in [-0.2, 0) is 41.9 Å². The van der Waals surface area contributed by atoms with Gasteiger partial charge >= 0.3 is 24.0 Å². The summed E-state index contributed by atoms with van der Waals surface area (Å²) < 4.78 is 10.6. The lowest BCUT2D eigenvalue weighted by Crippen LogP contribution is -2.83. The van der Waals surface area contributed by atoms with E-state index in [1.54, 1.807) is 48.5 Å². The Morgan fingerprint density at radius 2 is 1.00 bits per heavy atom. The van der Waals surface area contributed by atoms with E-state index in [0.29, 0.717) is 0 Å². The van der Waals surface area contributed by atoms with Crippen molar-refractivity contribution >= 4 is 35.8 Å². The lowest BCUT2D eigenvalue weighted by molar-refractivity contribution is -0.169. The minimum absolute atomic E-state index is 0.0194. The standard InChI is InChI=1S/C26H24N4O8/c31-17(37-13-15-7-3-1-4-8-15)11-29-21-19(23(33)27-25(29)35)20-22(21)30(26(36)28-24(20)34)12-18(32)38-14-16-9-5-2-6-10-16/h1-10,19-22H,11-14H2,(H,27,33,35)(H,28,34,36)/t19-,20+,21-,22+. The zero-order chi connectivity index (χ0) is 26.8. The number of carbonyl (C=O) groups excluding carboxylic acids is 6. The fourth-order valence-corrected chi connectivity index (χ4v) is 5.09. The molecule has 1 saturated carbocycles. The summed E-state index contributed by atoms with van der Waals surface area (Å²) in [6.07, 6.45) is 0. The second-order valence-corrected chi connectivity index (χ2v) is 9.17. The number of fused-ring (bicyclic) bond motifs is 4. The van der Waals surface area contributed by atoms with Crippen LogP contribution in [0.15, 0.2) is 60.7 Å². The lowest BCUT2D eigenvalue weighted by Gasteiger charge is -2.60. The van der Waals surface area contributed by atoms with Crippen molar-refractivity contribution in [1.82, 2.24) is 20.4 Å². The van der Waals surface area contributed by atoms with Crippen LogP contribution in [0, 0.1) is 11.8 Å². The minimum atomic E-state index is -1.00. The molecule has 196 valence electrons. The molecule has 12 nitrogen and oxygen atoms in total. The van der Waals surface area contributed by atoms with E-state index in [1.165, 1.54) is 0 Å². The molecule has 3 fully saturated rings. The number of ether oxygens (including phenoxy) is 2. The maximum atomic E-state index is 12.7. The van der Waals surface area contributed by atoms with Crippen molar-refractivity contribution in [3.05, 3.63) is 71.8 Å². The molecule has 2 aromatic carbocycles. The van der Waals surface area contributed by atoms with E-state index >= 15 is 0 Å². The van der Waals surface area contributed by atoms with E-state index in [0.717, 1.165) is 20.9 Å². The molecule has 5 rings (SSSR count). The van der Waals surface area contributed by atoms with Gasteiger partial charge in [0.15, 0.2) is 0 Å². The summed E-state index contributed by atoms with van der Waals surface area (Å²) in [6, 6.07) is 14.2.